The van der Waals surface area contributed by atoms with Gasteiger partial charge in [-0.3, -0.25) is 0 Å². The van der Waals surface area contributed by atoms with E-state index < -0.39 is 0 Å². The molecule has 0 aliphatic carbocycles. The molecule has 0 amide bonds. The number of H-pyrrole nitrogens is 1. The van der Waals surface area contributed by atoms with Crippen molar-refractivity contribution in [2.24, 2.45) is 0 Å². The second-order valence-electron chi connectivity index (χ2n) is 3.76. The summed E-state index contributed by atoms with van der Waals surface area (Å²) in [6.07, 6.45) is 4.00. The van der Waals surface area contributed by atoms with Crippen LogP contribution in [0.3, 0.4) is 0 Å². The standard InChI is InChI=1S/C12H13BrFN3/c1-15-11(12-16-4-5-17-12)7-8-6-9(13)2-3-10(8)14/h2-6,11,15H,7H2,1H3,(H,16,17). The molecule has 90 valence electrons. The lowest BCUT2D eigenvalue weighted by Gasteiger charge is -2.14. The largest absolute Gasteiger partial charge is 0.347 e. The van der Waals surface area contributed by atoms with Crippen LogP contribution in [0, 0.1) is 5.82 Å². The molecule has 1 unspecified atom stereocenters. The summed E-state index contributed by atoms with van der Waals surface area (Å²) in [6, 6.07) is 4.94. The molecule has 0 saturated carbocycles. The number of benzene rings is 1. The molecule has 0 aliphatic heterocycles. The van der Waals surface area contributed by atoms with Crippen LogP contribution in [0.15, 0.2) is 35.1 Å². The van der Waals surface area contributed by atoms with E-state index in [0.717, 1.165) is 10.3 Å². The Balaban J connectivity index is 2.21. The Morgan fingerprint density at radius 2 is 2.35 bits per heavy atom. The monoisotopic (exact) mass is 297 g/mol. The number of likely N-dealkylation sites (N-methyl/N-ethyl adjacent to an activating group) is 1. The maximum absolute atomic E-state index is 13.6. The second kappa shape index (κ2) is 5.42. The molecule has 0 fully saturated rings. The Morgan fingerprint density at radius 1 is 1.53 bits per heavy atom. The topological polar surface area (TPSA) is 40.7 Å². The van der Waals surface area contributed by atoms with Crippen molar-refractivity contribution < 1.29 is 4.39 Å². The highest BCUT2D eigenvalue weighted by atomic mass is 79.9. The van der Waals surface area contributed by atoms with Gasteiger partial charge < -0.3 is 10.3 Å². The van der Waals surface area contributed by atoms with Crippen molar-refractivity contribution in [2.45, 2.75) is 12.5 Å². The summed E-state index contributed by atoms with van der Waals surface area (Å²) in [6.45, 7) is 0. The average Bonchev–Trinajstić information content (AvgIpc) is 2.84. The highest BCUT2D eigenvalue weighted by molar-refractivity contribution is 9.10. The lowest BCUT2D eigenvalue weighted by atomic mass is 10.1. The molecule has 1 heterocycles. The van der Waals surface area contributed by atoms with E-state index in [4.69, 9.17) is 0 Å². The Morgan fingerprint density at radius 3 is 3.00 bits per heavy atom. The third kappa shape index (κ3) is 2.92. The molecule has 0 aliphatic rings. The molecule has 0 saturated heterocycles. The third-order valence-corrected chi connectivity index (χ3v) is 3.12. The SMILES string of the molecule is CNC(Cc1cc(Br)ccc1F)c1ncc[nH]1. The second-order valence-corrected chi connectivity index (χ2v) is 4.67. The van der Waals surface area contributed by atoms with Gasteiger partial charge in [-0.2, -0.15) is 0 Å². The Bertz CT molecular complexity index is 485. The predicted octanol–water partition coefficient (Wildman–Crippen LogP) is 2.81. The molecule has 2 aromatic rings. The zero-order chi connectivity index (χ0) is 12.3. The zero-order valence-corrected chi connectivity index (χ0v) is 11.0. The van der Waals surface area contributed by atoms with Gasteiger partial charge in [0.1, 0.15) is 11.6 Å². The number of rotatable bonds is 4. The summed E-state index contributed by atoms with van der Waals surface area (Å²) in [5.41, 5.74) is 0.662. The first kappa shape index (κ1) is 12.3. The van der Waals surface area contributed by atoms with Crippen molar-refractivity contribution in [2.75, 3.05) is 7.05 Å². The number of hydrogen-bond donors (Lipinski definition) is 2. The number of nitrogens with zero attached hydrogens (tertiary/aromatic N) is 1. The summed E-state index contributed by atoms with van der Waals surface area (Å²) in [5.74, 6) is 0.617. The number of imidazole rings is 1. The Hall–Kier alpha value is -1.20. The average molecular weight is 298 g/mol. The van der Waals surface area contributed by atoms with Gasteiger partial charge in [-0.05, 0) is 37.2 Å². The maximum Gasteiger partial charge on any atom is 0.126 e. The van der Waals surface area contributed by atoms with Gasteiger partial charge in [0, 0.05) is 16.9 Å². The van der Waals surface area contributed by atoms with Crippen LogP contribution < -0.4 is 5.32 Å². The first-order valence-corrected chi connectivity index (χ1v) is 6.10. The van der Waals surface area contributed by atoms with Gasteiger partial charge in [0.25, 0.3) is 0 Å². The van der Waals surface area contributed by atoms with Gasteiger partial charge in [-0.15, -0.1) is 0 Å². The Kier molecular flexibility index (Phi) is 3.91. The third-order valence-electron chi connectivity index (χ3n) is 2.63. The molecule has 2 N–H and O–H groups in total. The van der Waals surface area contributed by atoms with E-state index >= 15 is 0 Å². The molecule has 0 bridgehead atoms. The molecule has 0 spiro atoms. The van der Waals surface area contributed by atoms with Gasteiger partial charge in [0.15, 0.2) is 0 Å². The molecule has 1 aromatic carbocycles. The molecule has 5 heteroatoms. The van der Waals surface area contributed by atoms with Crippen LogP contribution in [0.5, 0.6) is 0 Å². The highest BCUT2D eigenvalue weighted by Crippen LogP contribution is 2.21. The van der Waals surface area contributed by atoms with Gasteiger partial charge >= 0.3 is 0 Å². The van der Waals surface area contributed by atoms with Crippen LogP contribution >= 0.6 is 15.9 Å². The van der Waals surface area contributed by atoms with Crippen molar-refractivity contribution in [1.82, 2.24) is 15.3 Å². The summed E-state index contributed by atoms with van der Waals surface area (Å²) in [5, 5.41) is 3.12. The van der Waals surface area contributed by atoms with Crippen molar-refractivity contribution in [3.63, 3.8) is 0 Å². The fourth-order valence-electron chi connectivity index (χ4n) is 1.72. The minimum absolute atomic E-state index is 0.0196. The van der Waals surface area contributed by atoms with Crippen LogP contribution in [0.2, 0.25) is 0 Å². The van der Waals surface area contributed by atoms with Crippen LogP contribution in [-0.4, -0.2) is 17.0 Å². The fraction of sp³-hybridized carbons (Fsp3) is 0.250. The molecule has 0 radical (unpaired) electrons. The van der Waals surface area contributed by atoms with Crippen molar-refractivity contribution in [3.05, 3.63) is 52.3 Å². The van der Waals surface area contributed by atoms with Crippen molar-refractivity contribution in [3.8, 4) is 0 Å². The summed E-state index contributed by atoms with van der Waals surface area (Å²) in [7, 11) is 1.84. The zero-order valence-electron chi connectivity index (χ0n) is 9.37. The highest BCUT2D eigenvalue weighted by Gasteiger charge is 2.14. The number of halogens is 2. The molecular formula is C12H13BrFN3. The van der Waals surface area contributed by atoms with E-state index in [1.54, 1.807) is 24.5 Å². The van der Waals surface area contributed by atoms with Crippen LogP contribution in [0.1, 0.15) is 17.4 Å². The van der Waals surface area contributed by atoms with Crippen LogP contribution in [0.25, 0.3) is 0 Å². The lowest BCUT2D eigenvalue weighted by Crippen LogP contribution is -2.20. The summed E-state index contributed by atoms with van der Waals surface area (Å²) < 4.78 is 14.5. The summed E-state index contributed by atoms with van der Waals surface area (Å²) in [4.78, 5) is 7.22. The first-order valence-electron chi connectivity index (χ1n) is 5.31. The van der Waals surface area contributed by atoms with Crippen LogP contribution in [-0.2, 0) is 6.42 Å². The summed E-state index contributed by atoms with van der Waals surface area (Å²) >= 11 is 3.35. The van der Waals surface area contributed by atoms with Gasteiger partial charge in [0.2, 0.25) is 0 Å². The Labute approximate surface area is 108 Å². The van der Waals surface area contributed by atoms with E-state index in [1.807, 2.05) is 7.05 Å². The number of nitrogens with one attached hydrogen (secondary N) is 2. The van der Waals surface area contributed by atoms with Crippen LogP contribution in [0.4, 0.5) is 4.39 Å². The molecule has 3 nitrogen and oxygen atoms in total. The van der Waals surface area contributed by atoms with E-state index in [2.05, 4.69) is 31.2 Å². The van der Waals surface area contributed by atoms with Crippen molar-refractivity contribution in [1.29, 1.82) is 0 Å². The maximum atomic E-state index is 13.6. The minimum atomic E-state index is -0.194. The molecule has 2 rings (SSSR count). The number of hydrogen-bond acceptors (Lipinski definition) is 2. The van der Waals surface area contributed by atoms with E-state index in [1.165, 1.54) is 6.07 Å². The van der Waals surface area contributed by atoms with Crippen molar-refractivity contribution >= 4 is 15.9 Å². The van der Waals surface area contributed by atoms with E-state index in [9.17, 15) is 4.39 Å². The lowest BCUT2D eigenvalue weighted by molar-refractivity contribution is 0.536. The quantitative estimate of drug-likeness (QED) is 0.911. The molecule has 1 atom stereocenters. The minimum Gasteiger partial charge on any atom is -0.347 e. The number of aromatic amines is 1. The normalized spacial score (nSPS) is 12.6. The molecule has 1 aromatic heterocycles. The fourth-order valence-corrected chi connectivity index (χ4v) is 2.13. The van der Waals surface area contributed by atoms with Gasteiger partial charge in [0.05, 0.1) is 6.04 Å². The smallest absolute Gasteiger partial charge is 0.126 e. The van der Waals surface area contributed by atoms with E-state index in [-0.39, 0.29) is 11.9 Å². The van der Waals surface area contributed by atoms with E-state index in [0.29, 0.717) is 12.0 Å². The van der Waals surface area contributed by atoms with Gasteiger partial charge in [-0.1, -0.05) is 15.9 Å². The predicted molar refractivity (Wildman–Crippen MR) is 68.2 cm³/mol. The molecule has 17 heavy (non-hydrogen) atoms. The molecular weight excluding hydrogens is 285 g/mol. The van der Waals surface area contributed by atoms with Gasteiger partial charge in [-0.25, -0.2) is 9.37 Å². The number of aromatic nitrogens is 2. The first-order chi connectivity index (χ1) is 8.20.